The molecule has 0 radical (unpaired) electrons. The van der Waals surface area contributed by atoms with Gasteiger partial charge in [-0.25, -0.2) is 4.98 Å². The topological polar surface area (TPSA) is 63.2 Å². The standard InChI is InChI=1S/C16H21N3O2S/c1-10(16-19-12-5-3-4-6-14(12)22-16)8-18-15(20)13-7-11(21-2)9-17-13/h3-6,10-11,13,17H,7-9H2,1-2H3,(H,18,20)/t10-,11-,13+/m0/s1. The zero-order valence-corrected chi connectivity index (χ0v) is 13.7. The first-order valence-electron chi connectivity index (χ1n) is 7.56. The molecular formula is C16H21N3O2S. The molecule has 0 saturated carbocycles. The van der Waals surface area contributed by atoms with E-state index in [1.165, 1.54) is 4.70 Å². The molecule has 1 amide bonds. The summed E-state index contributed by atoms with van der Waals surface area (Å²) in [6, 6.07) is 7.97. The Labute approximate surface area is 134 Å². The normalized spacial score (nSPS) is 22.8. The number of nitrogens with zero attached hydrogens (tertiary/aromatic N) is 1. The molecule has 1 fully saturated rings. The molecule has 0 spiro atoms. The van der Waals surface area contributed by atoms with Gasteiger partial charge in [-0.3, -0.25) is 4.79 Å². The molecule has 2 aromatic rings. The highest BCUT2D eigenvalue weighted by Gasteiger charge is 2.29. The van der Waals surface area contributed by atoms with Gasteiger partial charge in [0.1, 0.15) is 0 Å². The van der Waals surface area contributed by atoms with Gasteiger partial charge in [0.2, 0.25) is 5.91 Å². The van der Waals surface area contributed by atoms with Crippen LogP contribution in [0, 0.1) is 0 Å². The van der Waals surface area contributed by atoms with Crippen molar-refractivity contribution in [1.29, 1.82) is 0 Å². The zero-order chi connectivity index (χ0) is 15.5. The van der Waals surface area contributed by atoms with E-state index in [0.29, 0.717) is 6.54 Å². The lowest BCUT2D eigenvalue weighted by atomic mass is 10.1. The Bertz CT molecular complexity index is 625. The number of carbonyl (C=O) groups excluding carboxylic acids is 1. The van der Waals surface area contributed by atoms with E-state index < -0.39 is 0 Å². The van der Waals surface area contributed by atoms with Crippen LogP contribution in [0.4, 0.5) is 0 Å². The van der Waals surface area contributed by atoms with Crippen LogP contribution < -0.4 is 10.6 Å². The van der Waals surface area contributed by atoms with E-state index in [9.17, 15) is 4.79 Å². The molecule has 0 aliphatic carbocycles. The monoisotopic (exact) mass is 319 g/mol. The average molecular weight is 319 g/mol. The summed E-state index contributed by atoms with van der Waals surface area (Å²) in [7, 11) is 1.68. The fourth-order valence-corrected chi connectivity index (χ4v) is 3.67. The van der Waals surface area contributed by atoms with E-state index >= 15 is 0 Å². The lowest BCUT2D eigenvalue weighted by Crippen LogP contribution is -2.41. The number of aromatic nitrogens is 1. The van der Waals surface area contributed by atoms with Crippen LogP contribution in [0.1, 0.15) is 24.3 Å². The van der Waals surface area contributed by atoms with E-state index in [1.807, 2.05) is 18.2 Å². The first-order chi connectivity index (χ1) is 10.7. The van der Waals surface area contributed by atoms with Gasteiger partial charge in [-0.15, -0.1) is 11.3 Å². The third-order valence-electron chi connectivity index (χ3n) is 4.05. The minimum Gasteiger partial charge on any atom is -0.380 e. The molecule has 2 heterocycles. The molecule has 1 aromatic heterocycles. The first-order valence-corrected chi connectivity index (χ1v) is 8.38. The summed E-state index contributed by atoms with van der Waals surface area (Å²) in [5.41, 5.74) is 1.03. The van der Waals surface area contributed by atoms with Gasteiger partial charge in [0.05, 0.1) is 27.4 Å². The predicted octanol–water partition coefficient (Wildman–Crippen LogP) is 1.89. The molecule has 6 heteroatoms. The molecule has 3 atom stereocenters. The van der Waals surface area contributed by atoms with Crippen molar-refractivity contribution >= 4 is 27.5 Å². The zero-order valence-electron chi connectivity index (χ0n) is 12.8. The number of thiazole rings is 1. The van der Waals surface area contributed by atoms with E-state index in [1.54, 1.807) is 18.4 Å². The Hall–Kier alpha value is -1.50. The Morgan fingerprint density at radius 1 is 1.55 bits per heavy atom. The van der Waals surface area contributed by atoms with Crippen molar-refractivity contribution in [3.05, 3.63) is 29.3 Å². The third-order valence-corrected chi connectivity index (χ3v) is 5.32. The number of carbonyl (C=O) groups is 1. The maximum atomic E-state index is 12.2. The van der Waals surface area contributed by atoms with E-state index in [4.69, 9.17) is 4.74 Å². The number of fused-ring (bicyclic) bond motifs is 1. The van der Waals surface area contributed by atoms with Crippen LogP contribution in [0.25, 0.3) is 10.2 Å². The lowest BCUT2D eigenvalue weighted by molar-refractivity contribution is -0.123. The van der Waals surface area contributed by atoms with Gasteiger partial charge >= 0.3 is 0 Å². The van der Waals surface area contributed by atoms with Crippen LogP contribution >= 0.6 is 11.3 Å². The van der Waals surface area contributed by atoms with Crippen LogP contribution in [0.2, 0.25) is 0 Å². The summed E-state index contributed by atoms with van der Waals surface area (Å²) in [6.07, 6.45) is 0.870. The maximum Gasteiger partial charge on any atom is 0.237 e. The fraction of sp³-hybridized carbons (Fsp3) is 0.500. The molecule has 1 aliphatic rings. The molecule has 1 saturated heterocycles. The average Bonchev–Trinajstić information content (AvgIpc) is 3.18. The van der Waals surface area contributed by atoms with Gasteiger partial charge in [0.25, 0.3) is 0 Å². The Kier molecular flexibility index (Phi) is 4.71. The fourth-order valence-electron chi connectivity index (χ4n) is 2.65. The van der Waals surface area contributed by atoms with Crippen molar-refractivity contribution in [1.82, 2.24) is 15.6 Å². The number of amides is 1. The minimum atomic E-state index is -0.146. The predicted molar refractivity (Wildman–Crippen MR) is 88.2 cm³/mol. The maximum absolute atomic E-state index is 12.2. The van der Waals surface area contributed by atoms with Crippen molar-refractivity contribution in [3.8, 4) is 0 Å². The van der Waals surface area contributed by atoms with Crippen LogP contribution in [0.3, 0.4) is 0 Å². The van der Waals surface area contributed by atoms with Gasteiger partial charge in [0, 0.05) is 26.1 Å². The number of hydrogen-bond donors (Lipinski definition) is 2. The molecular weight excluding hydrogens is 298 g/mol. The van der Waals surface area contributed by atoms with Gasteiger partial charge in [-0.05, 0) is 18.6 Å². The molecule has 0 unspecified atom stereocenters. The second-order valence-corrected chi connectivity index (χ2v) is 6.78. The highest BCUT2D eigenvalue weighted by Crippen LogP contribution is 2.26. The molecule has 3 rings (SSSR count). The van der Waals surface area contributed by atoms with Crippen LogP contribution in [0.15, 0.2) is 24.3 Å². The van der Waals surface area contributed by atoms with Gasteiger partial charge < -0.3 is 15.4 Å². The third kappa shape index (κ3) is 3.29. The van der Waals surface area contributed by atoms with E-state index in [0.717, 1.165) is 23.5 Å². The number of methoxy groups -OCH3 is 1. The SMILES string of the molecule is CO[C@@H]1CN[C@@H](C(=O)NC[C@H](C)c2nc3ccccc3s2)C1. The molecule has 0 bridgehead atoms. The second-order valence-electron chi connectivity index (χ2n) is 5.72. The lowest BCUT2D eigenvalue weighted by Gasteiger charge is -2.14. The highest BCUT2D eigenvalue weighted by atomic mass is 32.1. The quantitative estimate of drug-likeness (QED) is 0.883. The highest BCUT2D eigenvalue weighted by molar-refractivity contribution is 7.18. The number of rotatable bonds is 5. The Morgan fingerprint density at radius 3 is 3.09 bits per heavy atom. The Morgan fingerprint density at radius 2 is 2.36 bits per heavy atom. The van der Waals surface area contributed by atoms with Crippen molar-refractivity contribution in [2.24, 2.45) is 0 Å². The summed E-state index contributed by atoms with van der Waals surface area (Å²) in [5.74, 6) is 0.258. The summed E-state index contributed by atoms with van der Waals surface area (Å²) >= 11 is 1.70. The number of benzene rings is 1. The van der Waals surface area contributed by atoms with Crippen LogP contribution in [-0.4, -0.2) is 43.2 Å². The van der Waals surface area contributed by atoms with Crippen molar-refractivity contribution in [3.63, 3.8) is 0 Å². The van der Waals surface area contributed by atoms with Crippen LogP contribution in [0.5, 0.6) is 0 Å². The largest absolute Gasteiger partial charge is 0.380 e. The minimum absolute atomic E-state index is 0.0486. The summed E-state index contributed by atoms with van der Waals surface area (Å²) < 4.78 is 6.46. The molecule has 22 heavy (non-hydrogen) atoms. The van der Waals surface area contributed by atoms with E-state index in [-0.39, 0.29) is 24.0 Å². The van der Waals surface area contributed by atoms with E-state index in [2.05, 4.69) is 28.6 Å². The first kappa shape index (κ1) is 15.4. The van der Waals surface area contributed by atoms with Crippen molar-refractivity contribution in [2.45, 2.75) is 31.4 Å². The number of ether oxygens (including phenoxy) is 1. The molecule has 2 N–H and O–H groups in total. The molecule has 1 aliphatic heterocycles. The number of para-hydroxylation sites is 1. The van der Waals surface area contributed by atoms with Gasteiger partial charge in [-0.1, -0.05) is 19.1 Å². The van der Waals surface area contributed by atoms with Crippen LogP contribution in [-0.2, 0) is 9.53 Å². The molecule has 5 nitrogen and oxygen atoms in total. The molecule has 118 valence electrons. The van der Waals surface area contributed by atoms with Gasteiger partial charge in [0.15, 0.2) is 0 Å². The summed E-state index contributed by atoms with van der Waals surface area (Å²) in [5, 5.41) is 7.28. The van der Waals surface area contributed by atoms with Crippen molar-refractivity contribution < 1.29 is 9.53 Å². The molecule has 1 aromatic carbocycles. The summed E-state index contributed by atoms with van der Waals surface area (Å²) in [4.78, 5) is 16.8. The number of nitrogens with one attached hydrogen (secondary N) is 2. The smallest absolute Gasteiger partial charge is 0.237 e. The Balaban J connectivity index is 1.55. The second kappa shape index (κ2) is 6.73. The van der Waals surface area contributed by atoms with Gasteiger partial charge in [-0.2, -0.15) is 0 Å². The van der Waals surface area contributed by atoms with Crippen molar-refractivity contribution in [2.75, 3.05) is 20.2 Å². The number of hydrogen-bond acceptors (Lipinski definition) is 5. The summed E-state index contributed by atoms with van der Waals surface area (Å²) in [6.45, 7) is 3.44.